The van der Waals surface area contributed by atoms with Gasteiger partial charge in [0.15, 0.2) is 5.78 Å². The molecule has 0 bridgehead atoms. The van der Waals surface area contributed by atoms with E-state index in [1.54, 1.807) is 0 Å². The zero-order chi connectivity index (χ0) is 25.7. The molecule has 0 heterocycles. The van der Waals surface area contributed by atoms with Crippen molar-refractivity contribution in [2.75, 3.05) is 11.5 Å². The Morgan fingerprint density at radius 1 is 1.09 bits per heavy atom. The van der Waals surface area contributed by atoms with E-state index in [0.717, 1.165) is 11.8 Å². The molecule has 1 aromatic carbocycles. The minimum atomic E-state index is -1.21. The van der Waals surface area contributed by atoms with Crippen LogP contribution in [-0.2, 0) is 30.5 Å². The first-order chi connectivity index (χ1) is 16.0. The molecule has 0 saturated heterocycles. The largest absolute Gasteiger partial charge is 0.480 e. The van der Waals surface area contributed by atoms with Gasteiger partial charge in [0.2, 0.25) is 17.7 Å². The fourth-order valence-corrected chi connectivity index (χ4v) is 3.63. The van der Waals surface area contributed by atoms with Crippen molar-refractivity contribution in [3.8, 4) is 0 Å². The van der Waals surface area contributed by atoms with Crippen LogP contribution < -0.4 is 21.7 Å². The summed E-state index contributed by atoms with van der Waals surface area (Å²) in [6.07, 6.45) is 0.336. The van der Waals surface area contributed by atoms with Crippen LogP contribution in [0.25, 0.3) is 0 Å². The summed E-state index contributed by atoms with van der Waals surface area (Å²) in [5, 5.41) is 23.4. The van der Waals surface area contributed by atoms with Gasteiger partial charge in [-0.2, -0.15) is 11.8 Å². The number of amides is 3. The second kappa shape index (κ2) is 14.8. The zero-order valence-electron chi connectivity index (χ0n) is 18.5. The average Bonchev–Trinajstić information content (AvgIpc) is 2.79. The molecule has 0 fully saturated rings. The molecule has 186 valence electrons. The number of carboxylic acids is 1. The Morgan fingerprint density at radius 2 is 1.74 bits per heavy atom. The highest BCUT2D eigenvalue weighted by molar-refractivity contribution is 7.99. The lowest BCUT2D eigenvalue weighted by atomic mass is 10.1. The van der Waals surface area contributed by atoms with Gasteiger partial charge in [-0.1, -0.05) is 12.1 Å². The first-order valence-electron chi connectivity index (χ1n) is 10.2. The Labute approximate surface area is 199 Å². The zero-order valence-corrected chi connectivity index (χ0v) is 19.3. The molecule has 1 aromatic rings. The summed E-state index contributed by atoms with van der Waals surface area (Å²) in [4.78, 5) is 59.4. The second-order valence-electron chi connectivity index (χ2n) is 7.29. The van der Waals surface area contributed by atoms with Crippen LogP contribution in [0, 0.1) is 11.2 Å². The molecule has 0 unspecified atom stereocenters. The number of carbonyl (C=O) groups is 5. The fraction of sp³-hybridized carbons (Fsp3) is 0.429. The van der Waals surface area contributed by atoms with Crippen LogP contribution in [0.2, 0.25) is 0 Å². The van der Waals surface area contributed by atoms with Crippen LogP contribution in [0.15, 0.2) is 24.3 Å². The smallest absolute Gasteiger partial charge is 0.321 e. The van der Waals surface area contributed by atoms with E-state index in [2.05, 4.69) is 16.0 Å². The number of nitrogens with two attached hydrogens (primary N) is 1. The number of carbonyl (C=O) groups excluding carboxylic acids is 4. The van der Waals surface area contributed by atoms with Crippen LogP contribution >= 0.6 is 11.8 Å². The summed E-state index contributed by atoms with van der Waals surface area (Å²) < 4.78 is 13.1. The van der Waals surface area contributed by atoms with Crippen molar-refractivity contribution >= 4 is 47.5 Å². The number of nitrogens with one attached hydrogen (secondary N) is 4. The van der Waals surface area contributed by atoms with Gasteiger partial charge in [0.05, 0.1) is 6.21 Å². The van der Waals surface area contributed by atoms with Gasteiger partial charge in [0.1, 0.15) is 23.9 Å². The number of carboxylic acid groups (broad SMARTS) is 1. The van der Waals surface area contributed by atoms with E-state index in [9.17, 15) is 28.4 Å². The van der Waals surface area contributed by atoms with E-state index in [1.165, 1.54) is 31.2 Å². The number of hydrogen-bond acceptors (Lipinski definition) is 8. The quantitative estimate of drug-likeness (QED) is 0.176. The molecule has 13 heteroatoms. The lowest BCUT2D eigenvalue weighted by molar-refractivity contribution is -0.138. The number of aliphatic carboxylic acids is 1. The number of benzene rings is 1. The topological polar surface area (TPSA) is 192 Å². The first kappa shape index (κ1) is 28.7. The van der Waals surface area contributed by atoms with Gasteiger partial charge < -0.3 is 32.2 Å². The van der Waals surface area contributed by atoms with E-state index >= 15 is 0 Å². The van der Waals surface area contributed by atoms with E-state index in [-0.39, 0.29) is 30.9 Å². The van der Waals surface area contributed by atoms with E-state index in [4.69, 9.17) is 16.2 Å². The molecule has 0 spiro atoms. The first-order valence-corrected chi connectivity index (χ1v) is 11.4. The van der Waals surface area contributed by atoms with Crippen molar-refractivity contribution in [1.82, 2.24) is 16.0 Å². The molecule has 11 nitrogen and oxygen atoms in total. The molecule has 0 radical (unpaired) electrons. The van der Waals surface area contributed by atoms with E-state index in [1.807, 2.05) is 0 Å². The van der Waals surface area contributed by atoms with Crippen molar-refractivity contribution in [3.63, 3.8) is 0 Å². The van der Waals surface area contributed by atoms with Gasteiger partial charge in [-0.3, -0.25) is 24.0 Å². The number of Topliss-reactive ketones (excluding diaryl/α,β-unsaturated/α-hetero) is 1. The highest BCUT2D eigenvalue weighted by atomic mass is 32.2. The van der Waals surface area contributed by atoms with Gasteiger partial charge in [0, 0.05) is 31.4 Å². The molecular weight excluding hydrogens is 469 g/mol. The average molecular weight is 498 g/mol. The lowest BCUT2D eigenvalue weighted by Crippen LogP contribution is -2.54. The number of halogens is 1. The predicted molar refractivity (Wildman–Crippen MR) is 124 cm³/mol. The molecule has 3 atom stereocenters. The van der Waals surface area contributed by atoms with E-state index < -0.39 is 53.4 Å². The van der Waals surface area contributed by atoms with Gasteiger partial charge in [-0.25, -0.2) is 4.39 Å². The monoisotopic (exact) mass is 497 g/mol. The number of ketones is 1. The Hall–Kier alpha value is -3.32. The standard InChI is InChI=1S/C21H28FN5O6S/c1-12(28)26-18(11-34-10-16(24)21(32)33)20(31)27-17(7-6-15(29)8-23)19(30)25-9-13-2-4-14(22)5-3-13/h2-5,8,16-18,23H,6-7,9-11,24H2,1H3,(H,25,30)(H,26,28)(H,27,31)(H,32,33)/t16-,17-,18+/m0/s1. The van der Waals surface area contributed by atoms with Gasteiger partial charge in [-0.15, -0.1) is 0 Å². The Morgan fingerprint density at radius 3 is 2.29 bits per heavy atom. The van der Waals surface area contributed by atoms with Crippen LogP contribution in [-0.4, -0.2) is 70.4 Å². The number of hydrogen-bond donors (Lipinski definition) is 6. The maximum absolute atomic E-state index is 13.1. The molecule has 0 aliphatic heterocycles. The maximum atomic E-state index is 13.1. The summed E-state index contributed by atoms with van der Waals surface area (Å²) in [5.74, 6) is -4.03. The third kappa shape index (κ3) is 11.0. The second-order valence-corrected chi connectivity index (χ2v) is 8.36. The van der Waals surface area contributed by atoms with Gasteiger partial charge >= 0.3 is 5.97 Å². The summed E-state index contributed by atoms with van der Waals surface area (Å²) in [5.41, 5.74) is 6.05. The Balaban J connectivity index is 2.85. The molecule has 3 amide bonds. The normalized spacial score (nSPS) is 13.1. The van der Waals surface area contributed by atoms with E-state index in [0.29, 0.717) is 11.8 Å². The third-order valence-corrected chi connectivity index (χ3v) is 5.61. The minimum Gasteiger partial charge on any atom is -0.480 e. The molecular formula is C21H28FN5O6S. The third-order valence-electron chi connectivity index (χ3n) is 4.45. The van der Waals surface area contributed by atoms with Crippen molar-refractivity contribution in [3.05, 3.63) is 35.6 Å². The lowest BCUT2D eigenvalue weighted by Gasteiger charge is -2.23. The maximum Gasteiger partial charge on any atom is 0.321 e. The summed E-state index contributed by atoms with van der Waals surface area (Å²) in [7, 11) is 0. The SMILES string of the molecule is CC(=O)N[C@H](CSC[C@H](N)C(=O)O)C(=O)N[C@@H](CCC(=O)C=N)C(=O)NCc1ccc(F)cc1. The molecule has 0 aromatic heterocycles. The summed E-state index contributed by atoms with van der Waals surface area (Å²) in [6, 6.07) is 2.03. The van der Waals surface area contributed by atoms with Crippen LogP contribution in [0.3, 0.4) is 0 Å². The molecule has 0 saturated carbocycles. The van der Waals surface area contributed by atoms with Crippen molar-refractivity contribution in [2.45, 2.75) is 44.4 Å². The van der Waals surface area contributed by atoms with Crippen LogP contribution in [0.4, 0.5) is 4.39 Å². The summed E-state index contributed by atoms with van der Waals surface area (Å²) >= 11 is 1.04. The highest BCUT2D eigenvalue weighted by Gasteiger charge is 2.27. The Bertz CT molecular complexity index is 898. The predicted octanol–water partition coefficient (Wildman–Crippen LogP) is -0.425. The van der Waals surface area contributed by atoms with Gasteiger partial charge in [-0.05, 0) is 24.1 Å². The van der Waals surface area contributed by atoms with Crippen LogP contribution in [0.1, 0.15) is 25.3 Å². The fourth-order valence-electron chi connectivity index (χ4n) is 2.63. The van der Waals surface area contributed by atoms with Crippen molar-refractivity contribution < 1.29 is 33.5 Å². The molecule has 1 rings (SSSR count). The Kier molecular flexibility index (Phi) is 12.5. The van der Waals surface area contributed by atoms with Gasteiger partial charge in [0.25, 0.3) is 0 Å². The molecule has 0 aliphatic rings. The molecule has 34 heavy (non-hydrogen) atoms. The number of thioether (sulfide) groups is 1. The van der Waals surface area contributed by atoms with Crippen molar-refractivity contribution in [1.29, 1.82) is 5.41 Å². The minimum absolute atomic E-state index is 0.00423. The van der Waals surface area contributed by atoms with Crippen LogP contribution in [0.5, 0.6) is 0 Å². The molecule has 0 aliphatic carbocycles. The number of rotatable bonds is 15. The van der Waals surface area contributed by atoms with Crippen molar-refractivity contribution in [2.24, 2.45) is 5.73 Å². The summed E-state index contributed by atoms with van der Waals surface area (Å²) in [6.45, 7) is 1.24. The molecule has 7 N–H and O–H groups in total. The highest BCUT2D eigenvalue weighted by Crippen LogP contribution is 2.08.